The molecule has 0 saturated carbocycles. The van der Waals surface area contributed by atoms with Crippen LogP contribution < -0.4 is 9.64 Å². The molecule has 1 heterocycles. The van der Waals surface area contributed by atoms with Gasteiger partial charge in [-0.25, -0.2) is 4.39 Å². The first-order valence-corrected chi connectivity index (χ1v) is 11.3. The number of amides is 1. The van der Waals surface area contributed by atoms with Crippen LogP contribution in [0.15, 0.2) is 72.3 Å². The Balaban J connectivity index is 1.92. The fourth-order valence-electron chi connectivity index (χ4n) is 4.04. The quantitative estimate of drug-likeness (QED) is 0.265. The Labute approximate surface area is 202 Å². The van der Waals surface area contributed by atoms with Crippen molar-refractivity contribution in [2.45, 2.75) is 26.3 Å². The molecule has 3 aromatic rings. The number of aliphatic hydroxyl groups excluding tert-OH is 1. The lowest BCUT2D eigenvalue weighted by molar-refractivity contribution is -0.132. The van der Waals surface area contributed by atoms with E-state index in [2.05, 4.69) is 0 Å². The van der Waals surface area contributed by atoms with Gasteiger partial charge in [0.05, 0.1) is 23.2 Å². The smallest absolute Gasteiger partial charge is 0.300 e. The summed E-state index contributed by atoms with van der Waals surface area (Å²) < 4.78 is 19.3. The molecule has 1 atom stereocenters. The molecule has 4 rings (SSSR count). The van der Waals surface area contributed by atoms with E-state index < -0.39 is 23.5 Å². The molecule has 1 saturated heterocycles. The topological polar surface area (TPSA) is 66.8 Å². The highest BCUT2D eigenvalue weighted by atomic mass is 35.5. The van der Waals surface area contributed by atoms with Crippen LogP contribution in [0.25, 0.3) is 5.76 Å². The number of aliphatic hydroxyl groups is 1. The van der Waals surface area contributed by atoms with Crippen molar-refractivity contribution >= 4 is 34.7 Å². The first-order valence-electron chi connectivity index (χ1n) is 10.9. The molecule has 1 aliphatic heterocycles. The molecule has 0 radical (unpaired) electrons. The van der Waals surface area contributed by atoms with Crippen molar-refractivity contribution in [1.29, 1.82) is 0 Å². The summed E-state index contributed by atoms with van der Waals surface area (Å²) in [7, 11) is 0. The van der Waals surface area contributed by atoms with Gasteiger partial charge in [-0.15, -0.1) is 0 Å². The molecule has 3 aromatic carbocycles. The lowest BCUT2D eigenvalue weighted by Crippen LogP contribution is -2.29. The molecule has 1 amide bonds. The minimum absolute atomic E-state index is 0.0663. The fourth-order valence-corrected chi connectivity index (χ4v) is 4.21. The third-order valence-corrected chi connectivity index (χ3v) is 6.04. The van der Waals surface area contributed by atoms with Crippen LogP contribution in [0, 0.1) is 5.82 Å². The number of halogens is 2. The number of Topliss-reactive ketones (excluding diaryl/α,β-unsaturated/α-hetero) is 1. The van der Waals surface area contributed by atoms with E-state index in [4.69, 9.17) is 16.3 Å². The van der Waals surface area contributed by atoms with Gasteiger partial charge in [-0.2, -0.15) is 0 Å². The maximum atomic E-state index is 13.8. The second kappa shape index (κ2) is 9.69. The van der Waals surface area contributed by atoms with Gasteiger partial charge in [-0.05, 0) is 54.8 Å². The Morgan fingerprint density at radius 1 is 1.06 bits per heavy atom. The van der Waals surface area contributed by atoms with Crippen molar-refractivity contribution in [2.75, 3.05) is 11.5 Å². The van der Waals surface area contributed by atoms with E-state index in [9.17, 15) is 19.1 Å². The number of benzene rings is 3. The van der Waals surface area contributed by atoms with E-state index in [1.165, 1.54) is 17.0 Å². The van der Waals surface area contributed by atoms with Crippen LogP contribution in [0.5, 0.6) is 5.75 Å². The Hall–Kier alpha value is -3.64. The highest BCUT2D eigenvalue weighted by Gasteiger charge is 2.47. The van der Waals surface area contributed by atoms with E-state index in [0.717, 1.165) is 18.1 Å². The molecule has 7 heteroatoms. The van der Waals surface area contributed by atoms with Crippen LogP contribution in [-0.2, 0) is 16.0 Å². The van der Waals surface area contributed by atoms with Crippen LogP contribution in [0.3, 0.4) is 0 Å². The summed E-state index contributed by atoms with van der Waals surface area (Å²) in [6.45, 7) is 4.29. The summed E-state index contributed by atoms with van der Waals surface area (Å²) in [5.74, 6) is -2.12. The normalized spacial score (nSPS) is 17.3. The van der Waals surface area contributed by atoms with E-state index >= 15 is 0 Å². The Morgan fingerprint density at radius 2 is 1.79 bits per heavy atom. The molecular formula is C27H23ClFNO4. The SMILES string of the molecule is CCOc1cccc(/C(O)=C2\C(=O)C(=O)N(c3ccc(F)c(Cl)c3)C2c2ccc(CC)cc2)c1. The van der Waals surface area contributed by atoms with Crippen LogP contribution in [0.2, 0.25) is 5.02 Å². The number of aryl methyl sites for hydroxylation is 1. The molecule has 1 fully saturated rings. The van der Waals surface area contributed by atoms with Gasteiger partial charge in [0.2, 0.25) is 0 Å². The zero-order valence-corrected chi connectivity index (χ0v) is 19.5. The van der Waals surface area contributed by atoms with Crippen molar-refractivity contribution in [3.63, 3.8) is 0 Å². The summed E-state index contributed by atoms with van der Waals surface area (Å²) in [5, 5.41) is 11.1. The molecule has 34 heavy (non-hydrogen) atoms. The van der Waals surface area contributed by atoms with E-state index in [0.29, 0.717) is 23.5 Å². The van der Waals surface area contributed by atoms with Gasteiger partial charge in [0, 0.05) is 11.3 Å². The summed E-state index contributed by atoms with van der Waals surface area (Å²) in [6, 6.07) is 17.0. The Morgan fingerprint density at radius 3 is 2.44 bits per heavy atom. The van der Waals surface area contributed by atoms with Gasteiger partial charge in [0.25, 0.3) is 11.7 Å². The second-order valence-corrected chi connectivity index (χ2v) is 8.23. The summed E-state index contributed by atoms with van der Waals surface area (Å²) in [4.78, 5) is 27.7. The van der Waals surface area contributed by atoms with Crippen molar-refractivity contribution < 1.29 is 23.8 Å². The number of carbonyl (C=O) groups excluding carboxylic acids is 2. The van der Waals surface area contributed by atoms with E-state index in [1.807, 2.05) is 38.1 Å². The third-order valence-electron chi connectivity index (χ3n) is 5.75. The van der Waals surface area contributed by atoms with Gasteiger partial charge in [0.15, 0.2) is 0 Å². The minimum atomic E-state index is -0.928. The number of carbonyl (C=O) groups is 2. The largest absolute Gasteiger partial charge is 0.507 e. The molecule has 0 spiro atoms. The third kappa shape index (κ3) is 4.29. The van der Waals surface area contributed by atoms with Gasteiger partial charge in [-0.1, -0.05) is 54.9 Å². The maximum Gasteiger partial charge on any atom is 0.300 e. The first kappa shape index (κ1) is 23.5. The molecule has 0 aliphatic carbocycles. The van der Waals surface area contributed by atoms with E-state index in [1.54, 1.807) is 24.3 Å². The minimum Gasteiger partial charge on any atom is -0.507 e. The lowest BCUT2D eigenvalue weighted by atomic mass is 9.94. The van der Waals surface area contributed by atoms with Crippen LogP contribution in [0.4, 0.5) is 10.1 Å². The molecule has 0 aromatic heterocycles. The summed E-state index contributed by atoms with van der Waals surface area (Å²) in [6.07, 6.45) is 0.818. The lowest BCUT2D eigenvalue weighted by Gasteiger charge is -2.26. The number of hydrogen-bond donors (Lipinski definition) is 1. The number of anilines is 1. The second-order valence-electron chi connectivity index (χ2n) is 7.82. The Bertz CT molecular complexity index is 1290. The predicted molar refractivity (Wildman–Crippen MR) is 130 cm³/mol. The van der Waals surface area contributed by atoms with E-state index in [-0.39, 0.29) is 22.0 Å². The first-order chi connectivity index (χ1) is 16.3. The Kier molecular flexibility index (Phi) is 6.70. The fraction of sp³-hybridized carbons (Fsp3) is 0.185. The molecule has 174 valence electrons. The highest BCUT2D eigenvalue weighted by Crippen LogP contribution is 2.43. The zero-order valence-electron chi connectivity index (χ0n) is 18.7. The van der Waals surface area contributed by atoms with Crippen LogP contribution in [-0.4, -0.2) is 23.4 Å². The van der Waals surface area contributed by atoms with Gasteiger partial charge >= 0.3 is 0 Å². The van der Waals surface area contributed by atoms with Crippen molar-refractivity contribution in [1.82, 2.24) is 0 Å². The number of ether oxygens (including phenoxy) is 1. The number of ketones is 1. The van der Waals surface area contributed by atoms with Crippen molar-refractivity contribution in [2.24, 2.45) is 0 Å². The average molecular weight is 480 g/mol. The highest BCUT2D eigenvalue weighted by molar-refractivity contribution is 6.51. The zero-order chi connectivity index (χ0) is 24.4. The van der Waals surface area contributed by atoms with Crippen LogP contribution in [0.1, 0.15) is 36.6 Å². The predicted octanol–water partition coefficient (Wildman–Crippen LogP) is 6.07. The molecule has 1 N–H and O–H groups in total. The van der Waals surface area contributed by atoms with Gasteiger partial charge in [-0.3, -0.25) is 14.5 Å². The number of hydrogen-bond acceptors (Lipinski definition) is 4. The molecular weight excluding hydrogens is 457 g/mol. The number of nitrogens with zero attached hydrogens (tertiary/aromatic N) is 1. The molecule has 5 nitrogen and oxygen atoms in total. The van der Waals surface area contributed by atoms with Gasteiger partial charge in [0.1, 0.15) is 17.3 Å². The summed E-state index contributed by atoms with van der Waals surface area (Å²) in [5.41, 5.74) is 2.23. The van der Waals surface area contributed by atoms with Crippen molar-refractivity contribution in [3.05, 3.63) is 99.8 Å². The maximum absolute atomic E-state index is 13.8. The molecule has 1 unspecified atom stereocenters. The van der Waals surface area contributed by atoms with Crippen LogP contribution >= 0.6 is 11.6 Å². The number of rotatable bonds is 6. The molecule has 0 bridgehead atoms. The summed E-state index contributed by atoms with van der Waals surface area (Å²) >= 11 is 5.98. The standard InChI is InChI=1S/C27H23ClFNO4/c1-3-16-8-10-17(11-9-16)24-23(25(31)18-6-5-7-20(14-18)34-4-2)26(32)27(33)30(24)19-12-13-22(29)21(28)15-19/h5-15,24,31H,3-4H2,1-2H3/b25-23+. The van der Waals surface area contributed by atoms with Gasteiger partial charge < -0.3 is 9.84 Å². The van der Waals surface area contributed by atoms with Crippen molar-refractivity contribution in [3.8, 4) is 5.75 Å². The monoisotopic (exact) mass is 479 g/mol. The average Bonchev–Trinajstić information content (AvgIpc) is 3.11. The molecule has 1 aliphatic rings.